The number of carbonyl (C=O) groups is 1. The Kier molecular flexibility index (Phi) is 3.29. The van der Waals surface area contributed by atoms with Crippen molar-refractivity contribution in [3.8, 4) is 11.5 Å². The van der Waals surface area contributed by atoms with Crippen LogP contribution in [-0.4, -0.2) is 19.2 Å². The lowest BCUT2D eigenvalue weighted by atomic mass is 9.49. The highest BCUT2D eigenvalue weighted by Crippen LogP contribution is 2.61. The van der Waals surface area contributed by atoms with Gasteiger partial charge in [0.25, 0.3) is 5.91 Å². The van der Waals surface area contributed by atoms with Gasteiger partial charge in [-0.2, -0.15) is 0 Å². The van der Waals surface area contributed by atoms with E-state index in [4.69, 9.17) is 9.47 Å². The fraction of sp³-hybridized carbons (Fsp3) is 0.650. The second-order valence-corrected chi connectivity index (χ2v) is 8.49. The minimum absolute atomic E-state index is 0.00183. The Bertz CT molecular complexity index is 634. The number of carbonyl (C=O) groups excluding carboxylic acids is 1. The van der Waals surface area contributed by atoms with Crippen molar-refractivity contribution in [3.05, 3.63) is 23.8 Å². The monoisotopic (exact) mass is 327 g/mol. The van der Waals surface area contributed by atoms with Gasteiger partial charge in [-0.25, -0.2) is 0 Å². The molecule has 4 fully saturated rings. The number of amides is 1. The van der Waals surface area contributed by atoms with Crippen LogP contribution < -0.4 is 14.8 Å². The van der Waals surface area contributed by atoms with E-state index in [2.05, 4.69) is 5.32 Å². The molecule has 5 aliphatic rings. The molecule has 1 aromatic rings. The molecule has 0 unspecified atom stereocenters. The van der Waals surface area contributed by atoms with Gasteiger partial charge in [-0.05, 0) is 86.3 Å². The van der Waals surface area contributed by atoms with E-state index in [0.29, 0.717) is 16.7 Å². The Hall–Kier alpha value is -1.71. The van der Waals surface area contributed by atoms with Crippen LogP contribution in [0.25, 0.3) is 0 Å². The first-order valence-corrected chi connectivity index (χ1v) is 9.37. The van der Waals surface area contributed by atoms with Crippen LogP contribution in [0.3, 0.4) is 0 Å². The van der Waals surface area contributed by atoms with Gasteiger partial charge in [-0.1, -0.05) is 0 Å². The summed E-state index contributed by atoms with van der Waals surface area (Å²) in [7, 11) is 0. The molecule has 6 rings (SSSR count). The van der Waals surface area contributed by atoms with E-state index in [1.165, 1.54) is 38.5 Å². The molecule has 4 nitrogen and oxygen atoms in total. The average molecular weight is 327 g/mol. The molecule has 0 saturated heterocycles. The van der Waals surface area contributed by atoms with Crippen LogP contribution in [0, 0.1) is 23.2 Å². The Balaban J connectivity index is 1.20. The van der Waals surface area contributed by atoms with Crippen LogP contribution in [0.4, 0.5) is 0 Å². The molecular weight excluding hydrogens is 302 g/mol. The third-order valence-corrected chi connectivity index (χ3v) is 6.74. The predicted octanol–water partition coefficient (Wildman–Crippen LogP) is 3.75. The van der Waals surface area contributed by atoms with Crippen LogP contribution in [-0.2, 0) is 0 Å². The quantitative estimate of drug-likeness (QED) is 0.916. The maximum Gasteiger partial charge on any atom is 0.251 e. The Morgan fingerprint density at radius 3 is 2.42 bits per heavy atom. The zero-order chi connectivity index (χ0) is 16.1. The molecule has 24 heavy (non-hydrogen) atoms. The molecule has 4 bridgehead atoms. The van der Waals surface area contributed by atoms with Gasteiger partial charge in [0.05, 0.1) is 0 Å². The van der Waals surface area contributed by atoms with Gasteiger partial charge in [0.1, 0.15) is 0 Å². The molecule has 1 heterocycles. The SMILES string of the molecule is O=C(NCCC12CC3CC(CC(C3)C1)C2)c1ccc2c(c1)OCO2. The number of fused-ring (bicyclic) bond motifs is 1. The van der Waals surface area contributed by atoms with E-state index in [9.17, 15) is 4.79 Å². The molecule has 0 spiro atoms. The van der Waals surface area contributed by atoms with Crippen LogP contribution in [0.15, 0.2) is 18.2 Å². The highest BCUT2D eigenvalue weighted by Gasteiger charge is 2.50. The van der Waals surface area contributed by atoms with Crippen LogP contribution in [0.1, 0.15) is 55.3 Å². The van der Waals surface area contributed by atoms with Crippen molar-refractivity contribution >= 4 is 5.91 Å². The highest BCUT2D eigenvalue weighted by atomic mass is 16.7. The molecule has 0 radical (unpaired) electrons. The third-order valence-electron chi connectivity index (χ3n) is 6.74. The molecule has 1 N–H and O–H groups in total. The van der Waals surface area contributed by atoms with Gasteiger partial charge in [0, 0.05) is 12.1 Å². The van der Waals surface area contributed by atoms with Crippen molar-refractivity contribution in [1.82, 2.24) is 5.32 Å². The Labute approximate surface area is 142 Å². The maximum atomic E-state index is 12.4. The summed E-state index contributed by atoms with van der Waals surface area (Å²) in [5.41, 5.74) is 1.18. The second-order valence-electron chi connectivity index (χ2n) is 8.49. The topological polar surface area (TPSA) is 47.6 Å². The lowest BCUT2D eigenvalue weighted by molar-refractivity contribution is -0.0564. The summed E-state index contributed by atoms with van der Waals surface area (Å²) in [5.74, 6) is 4.31. The van der Waals surface area contributed by atoms with Crippen molar-refractivity contribution in [3.63, 3.8) is 0 Å². The van der Waals surface area contributed by atoms with Crippen molar-refractivity contribution in [1.29, 1.82) is 0 Å². The van der Waals surface area contributed by atoms with Gasteiger partial charge in [0.15, 0.2) is 11.5 Å². The third kappa shape index (κ3) is 2.47. The van der Waals surface area contributed by atoms with E-state index in [1.807, 2.05) is 12.1 Å². The number of nitrogens with one attached hydrogen (secondary N) is 1. The normalized spacial score (nSPS) is 35.2. The minimum Gasteiger partial charge on any atom is -0.454 e. The fourth-order valence-electron chi connectivity index (χ4n) is 6.18. The molecule has 128 valence electrons. The molecule has 1 aliphatic heterocycles. The van der Waals surface area contributed by atoms with Crippen molar-refractivity contribution in [2.75, 3.05) is 13.3 Å². The van der Waals surface area contributed by atoms with E-state index < -0.39 is 0 Å². The van der Waals surface area contributed by atoms with Crippen LogP contribution >= 0.6 is 0 Å². The molecule has 4 aliphatic carbocycles. The molecule has 0 atom stereocenters. The van der Waals surface area contributed by atoms with E-state index >= 15 is 0 Å². The lowest BCUT2D eigenvalue weighted by Gasteiger charge is -2.57. The number of rotatable bonds is 4. The first-order valence-electron chi connectivity index (χ1n) is 9.37. The van der Waals surface area contributed by atoms with E-state index in [1.54, 1.807) is 6.07 Å². The molecule has 4 saturated carbocycles. The van der Waals surface area contributed by atoms with Crippen molar-refractivity contribution in [2.45, 2.75) is 44.9 Å². The average Bonchev–Trinajstić information content (AvgIpc) is 3.00. The summed E-state index contributed by atoms with van der Waals surface area (Å²) >= 11 is 0. The number of benzene rings is 1. The van der Waals surface area contributed by atoms with Gasteiger partial charge in [-0.3, -0.25) is 4.79 Å². The largest absolute Gasteiger partial charge is 0.454 e. The fourth-order valence-corrected chi connectivity index (χ4v) is 6.18. The van der Waals surface area contributed by atoms with Gasteiger partial charge < -0.3 is 14.8 Å². The highest BCUT2D eigenvalue weighted by molar-refractivity contribution is 5.94. The smallest absolute Gasteiger partial charge is 0.251 e. The van der Waals surface area contributed by atoms with Crippen LogP contribution in [0.5, 0.6) is 11.5 Å². The van der Waals surface area contributed by atoms with E-state index in [-0.39, 0.29) is 12.7 Å². The molecular formula is C20H25NO3. The number of ether oxygens (including phenoxy) is 2. The Morgan fingerprint density at radius 1 is 1.04 bits per heavy atom. The zero-order valence-electron chi connectivity index (χ0n) is 14.1. The zero-order valence-corrected chi connectivity index (χ0v) is 14.1. The summed E-state index contributed by atoms with van der Waals surface area (Å²) in [5, 5.41) is 3.13. The Morgan fingerprint density at radius 2 is 1.71 bits per heavy atom. The van der Waals surface area contributed by atoms with E-state index in [0.717, 1.165) is 36.5 Å². The summed E-state index contributed by atoms with van der Waals surface area (Å²) in [6, 6.07) is 5.41. The summed E-state index contributed by atoms with van der Waals surface area (Å²) in [6.45, 7) is 1.03. The standard InChI is InChI=1S/C20H25NO3/c22-19(16-1-2-17-18(8-16)24-12-23-17)21-4-3-20-9-13-5-14(10-20)7-15(6-13)11-20/h1-2,8,13-15H,3-7,9-12H2,(H,21,22). The summed E-state index contributed by atoms with van der Waals surface area (Å²) in [4.78, 5) is 12.4. The first-order chi connectivity index (χ1) is 11.7. The lowest BCUT2D eigenvalue weighted by Crippen LogP contribution is -2.47. The minimum atomic E-state index is -0.00183. The van der Waals surface area contributed by atoms with Crippen molar-refractivity contribution < 1.29 is 14.3 Å². The van der Waals surface area contributed by atoms with Gasteiger partial charge >= 0.3 is 0 Å². The first kappa shape index (κ1) is 14.6. The van der Waals surface area contributed by atoms with Crippen molar-refractivity contribution in [2.24, 2.45) is 23.2 Å². The van der Waals surface area contributed by atoms with Gasteiger partial charge in [0.2, 0.25) is 6.79 Å². The molecule has 1 amide bonds. The second kappa shape index (κ2) is 5.40. The molecule has 4 heteroatoms. The maximum absolute atomic E-state index is 12.4. The van der Waals surface area contributed by atoms with Gasteiger partial charge in [-0.15, -0.1) is 0 Å². The molecule has 0 aromatic heterocycles. The number of hydrogen-bond acceptors (Lipinski definition) is 3. The predicted molar refractivity (Wildman–Crippen MR) is 90.1 cm³/mol. The number of hydrogen-bond donors (Lipinski definition) is 1. The molecule has 1 aromatic carbocycles. The summed E-state index contributed by atoms with van der Waals surface area (Å²) < 4.78 is 10.7. The summed E-state index contributed by atoms with van der Waals surface area (Å²) in [6.07, 6.45) is 9.78. The van der Waals surface area contributed by atoms with Crippen LogP contribution in [0.2, 0.25) is 0 Å².